The van der Waals surface area contributed by atoms with E-state index in [-0.39, 0.29) is 0 Å². The molecule has 1 N–H and O–H groups in total. The summed E-state index contributed by atoms with van der Waals surface area (Å²) in [6.07, 6.45) is 0. The third-order valence-corrected chi connectivity index (χ3v) is 4.96. The van der Waals surface area contributed by atoms with Crippen molar-refractivity contribution < 1.29 is 4.74 Å². The molecule has 2 heterocycles. The zero-order valence-electron chi connectivity index (χ0n) is 14.4. The standard InChI is InChI=1S/C19H21ClN4O/c1-23-7-9-24(10-8-23)19-15-12-14(25-2)4-6-16(15)21-17-5-3-13(20)11-18(17)22-19/h3-6,11-12,21H,7-10H2,1-2H3. The van der Waals surface area contributed by atoms with Crippen LogP contribution in [-0.4, -0.2) is 56.0 Å². The number of benzene rings is 2. The van der Waals surface area contributed by atoms with E-state index in [4.69, 9.17) is 21.3 Å². The molecular weight excluding hydrogens is 336 g/mol. The SMILES string of the molecule is COc1ccc2c(c1)C(N1CCN(C)CC1)=Nc1cc(Cl)ccc1N2. The van der Waals surface area contributed by atoms with E-state index >= 15 is 0 Å². The Bertz CT molecular complexity index is 828. The van der Waals surface area contributed by atoms with Crippen molar-refractivity contribution in [2.45, 2.75) is 0 Å². The summed E-state index contributed by atoms with van der Waals surface area (Å²) >= 11 is 6.20. The van der Waals surface area contributed by atoms with Gasteiger partial charge in [-0.05, 0) is 43.4 Å². The van der Waals surface area contributed by atoms with E-state index in [1.165, 1.54) is 0 Å². The van der Waals surface area contributed by atoms with Gasteiger partial charge < -0.3 is 19.9 Å². The summed E-state index contributed by atoms with van der Waals surface area (Å²) in [6, 6.07) is 11.8. The Hall–Kier alpha value is -2.24. The quantitative estimate of drug-likeness (QED) is 0.845. The van der Waals surface area contributed by atoms with Gasteiger partial charge in [0.05, 0.1) is 18.5 Å². The molecule has 0 aliphatic carbocycles. The number of fused-ring (bicyclic) bond motifs is 2. The van der Waals surface area contributed by atoms with Crippen molar-refractivity contribution in [3.63, 3.8) is 0 Å². The highest BCUT2D eigenvalue weighted by Gasteiger charge is 2.24. The molecule has 0 spiro atoms. The molecule has 130 valence electrons. The van der Waals surface area contributed by atoms with Gasteiger partial charge in [-0.3, -0.25) is 0 Å². The highest BCUT2D eigenvalue weighted by atomic mass is 35.5. The third kappa shape index (κ3) is 3.17. The first-order chi connectivity index (χ1) is 12.1. The molecule has 1 fully saturated rings. The van der Waals surface area contributed by atoms with Gasteiger partial charge in [-0.1, -0.05) is 11.6 Å². The van der Waals surface area contributed by atoms with Crippen LogP contribution < -0.4 is 10.1 Å². The fourth-order valence-electron chi connectivity index (χ4n) is 3.23. The molecule has 2 aliphatic heterocycles. The molecule has 4 rings (SSSR count). The third-order valence-electron chi connectivity index (χ3n) is 4.73. The molecule has 0 saturated carbocycles. The Morgan fingerprint density at radius 1 is 1.04 bits per heavy atom. The molecule has 0 amide bonds. The molecule has 25 heavy (non-hydrogen) atoms. The Morgan fingerprint density at radius 2 is 1.80 bits per heavy atom. The number of aliphatic imine (C=N–C) groups is 1. The van der Waals surface area contributed by atoms with Gasteiger partial charge in [0.1, 0.15) is 11.6 Å². The molecule has 5 nitrogen and oxygen atoms in total. The lowest BCUT2D eigenvalue weighted by molar-refractivity contribution is 0.216. The van der Waals surface area contributed by atoms with Gasteiger partial charge in [-0.15, -0.1) is 0 Å². The van der Waals surface area contributed by atoms with E-state index in [1.807, 2.05) is 36.4 Å². The van der Waals surface area contributed by atoms with Gasteiger partial charge in [-0.2, -0.15) is 0 Å². The molecule has 0 aromatic heterocycles. The summed E-state index contributed by atoms with van der Waals surface area (Å²) in [5.41, 5.74) is 3.90. The largest absolute Gasteiger partial charge is 0.497 e. The number of methoxy groups -OCH3 is 1. The highest BCUT2D eigenvalue weighted by molar-refractivity contribution is 6.31. The van der Waals surface area contributed by atoms with Gasteiger partial charge >= 0.3 is 0 Å². The molecule has 0 radical (unpaired) electrons. The molecule has 0 bridgehead atoms. The zero-order chi connectivity index (χ0) is 17.4. The van der Waals surface area contributed by atoms with E-state index in [2.05, 4.69) is 22.2 Å². The lowest BCUT2D eigenvalue weighted by Gasteiger charge is -2.34. The van der Waals surface area contributed by atoms with Crippen LogP contribution in [0.15, 0.2) is 41.4 Å². The summed E-state index contributed by atoms with van der Waals surface area (Å²) in [7, 11) is 3.84. The van der Waals surface area contributed by atoms with E-state index in [9.17, 15) is 0 Å². The number of likely N-dealkylation sites (N-methyl/N-ethyl adjacent to an activating group) is 1. The first kappa shape index (κ1) is 16.2. The second kappa shape index (κ2) is 6.58. The van der Waals surface area contributed by atoms with E-state index in [0.717, 1.165) is 60.4 Å². The molecule has 2 aliphatic rings. The molecule has 2 aromatic carbocycles. The number of anilines is 2. The van der Waals surface area contributed by atoms with Crippen molar-refractivity contribution in [1.82, 2.24) is 9.80 Å². The number of hydrogen-bond donors (Lipinski definition) is 1. The first-order valence-electron chi connectivity index (χ1n) is 8.41. The Morgan fingerprint density at radius 3 is 2.56 bits per heavy atom. The van der Waals surface area contributed by atoms with Gasteiger partial charge in [0.25, 0.3) is 0 Å². The number of nitrogens with zero attached hydrogens (tertiary/aromatic N) is 3. The summed E-state index contributed by atoms with van der Waals surface area (Å²) < 4.78 is 5.44. The molecule has 0 atom stereocenters. The number of nitrogens with one attached hydrogen (secondary N) is 1. The van der Waals surface area contributed by atoms with Crippen molar-refractivity contribution in [2.75, 3.05) is 45.7 Å². The summed E-state index contributed by atoms with van der Waals surface area (Å²) in [5.74, 6) is 1.79. The van der Waals surface area contributed by atoms with Crippen LogP contribution in [0.4, 0.5) is 17.1 Å². The lowest BCUT2D eigenvalue weighted by Crippen LogP contribution is -2.47. The highest BCUT2D eigenvalue weighted by Crippen LogP contribution is 2.37. The van der Waals surface area contributed by atoms with Gasteiger partial charge in [0.15, 0.2) is 0 Å². The average molecular weight is 357 g/mol. The Balaban J connectivity index is 1.85. The smallest absolute Gasteiger partial charge is 0.138 e. The van der Waals surface area contributed by atoms with Crippen molar-refractivity contribution >= 4 is 34.5 Å². The number of ether oxygens (including phenoxy) is 1. The monoisotopic (exact) mass is 356 g/mol. The van der Waals surface area contributed by atoms with Gasteiger partial charge in [0, 0.05) is 42.5 Å². The topological polar surface area (TPSA) is 40.1 Å². The van der Waals surface area contributed by atoms with Gasteiger partial charge in [-0.25, -0.2) is 4.99 Å². The average Bonchev–Trinajstić information content (AvgIpc) is 2.78. The maximum absolute atomic E-state index is 6.20. The van der Waals surface area contributed by atoms with E-state index in [1.54, 1.807) is 7.11 Å². The van der Waals surface area contributed by atoms with Crippen molar-refractivity contribution in [2.24, 2.45) is 4.99 Å². The second-order valence-electron chi connectivity index (χ2n) is 6.42. The maximum Gasteiger partial charge on any atom is 0.138 e. The molecular formula is C19H21ClN4O. The Kier molecular flexibility index (Phi) is 4.27. The molecule has 2 aromatic rings. The van der Waals surface area contributed by atoms with Crippen LogP contribution in [-0.2, 0) is 0 Å². The number of amidine groups is 1. The minimum absolute atomic E-state index is 0.686. The normalized spacial score (nSPS) is 17.1. The fraction of sp³-hybridized carbons (Fsp3) is 0.316. The zero-order valence-corrected chi connectivity index (χ0v) is 15.2. The predicted octanol–water partition coefficient (Wildman–Crippen LogP) is 3.73. The van der Waals surface area contributed by atoms with Crippen LogP contribution in [0.25, 0.3) is 0 Å². The number of halogens is 1. The minimum atomic E-state index is 0.686. The van der Waals surface area contributed by atoms with Crippen molar-refractivity contribution in [3.8, 4) is 5.75 Å². The number of rotatable bonds is 1. The number of piperazine rings is 1. The predicted molar refractivity (Wildman–Crippen MR) is 103 cm³/mol. The van der Waals surface area contributed by atoms with E-state index in [0.29, 0.717) is 5.02 Å². The summed E-state index contributed by atoms with van der Waals surface area (Å²) in [6.45, 7) is 3.94. The van der Waals surface area contributed by atoms with Crippen molar-refractivity contribution in [1.29, 1.82) is 0 Å². The van der Waals surface area contributed by atoms with Crippen LogP contribution in [0.5, 0.6) is 5.75 Å². The molecule has 6 heteroatoms. The second-order valence-corrected chi connectivity index (χ2v) is 6.86. The first-order valence-corrected chi connectivity index (χ1v) is 8.79. The maximum atomic E-state index is 6.20. The molecule has 1 saturated heterocycles. The Labute approximate surface area is 152 Å². The van der Waals surface area contributed by atoms with Crippen molar-refractivity contribution in [3.05, 3.63) is 47.0 Å². The van der Waals surface area contributed by atoms with Crippen LogP contribution in [0.3, 0.4) is 0 Å². The summed E-state index contributed by atoms with van der Waals surface area (Å²) in [4.78, 5) is 9.67. The number of hydrogen-bond acceptors (Lipinski definition) is 5. The van der Waals surface area contributed by atoms with Crippen LogP contribution >= 0.6 is 11.6 Å². The lowest BCUT2D eigenvalue weighted by atomic mass is 10.1. The minimum Gasteiger partial charge on any atom is -0.497 e. The van der Waals surface area contributed by atoms with Crippen LogP contribution in [0, 0.1) is 0 Å². The van der Waals surface area contributed by atoms with Crippen LogP contribution in [0.2, 0.25) is 5.02 Å². The fourth-order valence-corrected chi connectivity index (χ4v) is 3.39. The summed E-state index contributed by atoms with van der Waals surface area (Å²) in [5, 5.41) is 4.18. The molecule has 0 unspecified atom stereocenters. The van der Waals surface area contributed by atoms with Gasteiger partial charge in [0.2, 0.25) is 0 Å². The van der Waals surface area contributed by atoms with Crippen LogP contribution in [0.1, 0.15) is 5.56 Å². The van der Waals surface area contributed by atoms with E-state index < -0.39 is 0 Å².